The largest absolute Gasteiger partial charge is 0.380 e. The van der Waals surface area contributed by atoms with Gasteiger partial charge in [-0.3, -0.25) is 14.9 Å². The Morgan fingerprint density at radius 2 is 2.06 bits per heavy atom. The van der Waals surface area contributed by atoms with Crippen molar-refractivity contribution in [3.05, 3.63) is 32.8 Å². The molecule has 2 N–H and O–H groups in total. The van der Waals surface area contributed by atoms with E-state index in [4.69, 9.17) is 11.6 Å². The molecule has 0 saturated heterocycles. The van der Waals surface area contributed by atoms with Crippen LogP contribution in [-0.4, -0.2) is 23.9 Å². The van der Waals surface area contributed by atoms with E-state index in [9.17, 15) is 14.9 Å². The van der Waals surface area contributed by atoms with Gasteiger partial charge in [0, 0.05) is 19.2 Å². The van der Waals surface area contributed by atoms with Gasteiger partial charge in [0.25, 0.3) is 11.6 Å². The zero-order valence-corrected chi connectivity index (χ0v) is 10.9. The summed E-state index contributed by atoms with van der Waals surface area (Å²) in [5.74, 6) is -0.423. The van der Waals surface area contributed by atoms with E-state index in [0.717, 1.165) is 0 Å². The molecule has 0 heterocycles. The summed E-state index contributed by atoms with van der Waals surface area (Å²) < 4.78 is 0. The van der Waals surface area contributed by atoms with Crippen LogP contribution in [0.4, 0.5) is 11.4 Å². The van der Waals surface area contributed by atoms with Gasteiger partial charge in [-0.2, -0.15) is 0 Å². The van der Waals surface area contributed by atoms with Crippen molar-refractivity contribution >= 4 is 28.9 Å². The van der Waals surface area contributed by atoms with Crippen LogP contribution in [0.25, 0.3) is 0 Å². The van der Waals surface area contributed by atoms with Crippen LogP contribution in [0, 0.1) is 10.1 Å². The second-order valence-electron chi connectivity index (χ2n) is 3.50. The third-order valence-corrected chi connectivity index (χ3v) is 2.54. The molecular weight excluding hydrogens is 258 g/mol. The van der Waals surface area contributed by atoms with E-state index < -0.39 is 10.8 Å². The van der Waals surface area contributed by atoms with Crippen LogP contribution in [-0.2, 0) is 0 Å². The van der Waals surface area contributed by atoms with E-state index in [2.05, 4.69) is 10.6 Å². The minimum atomic E-state index is -0.545. The number of nitro benzene ring substituents is 1. The number of hydrogen-bond acceptors (Lipinski definition) is 4. The molecule has 0 spiro atoms. The van der Waals surface area contributed by atoms with Crippen LogP contribution in [0.1, 0.15) is 24.2 Å². The average molecular weight is 272 g/mol. The predicted octanol–water partition coefficient (Wildman–Crippen LogP) is 2.43. The Morgan fingerprint density at radius 1 is 1.39 bits per heavy atom. The van der Waals surface area contributed by atoms with Crippen molar-refractivity contribution in [3.8, 4) is 0 Å². The van der Waals surface area contributed by atoms with Crippen LogP contribution in [0.2, 0.25) is 5.02 Å². The number of nitrogens with zero attached hydrogens (tertiary/aromatic N) is 1. The molecule has 0 aliphatic rings. The third kappa shape index (κ3) is 3.10. The molecule has 0 fully saturated rings. The number of anilines is 1. The first-order chi connectivity index (χ1) is 8.51. The Labute approximate surface area is 109 Å². The number of nitro groups is 1. The minimum absolute atomic E-state index is 0.104. The Bertz CT molecular complexity index is 477. The maximum Gasteiger partial charge on any atom is 0.293 e. The number of rotatable bonds is 5. The van der Waals surface area contributed by atoms with Gasteiger partial charge in [-0.1, -0.05) is 11.6 Å². The van der Waals surface area contributed by atoms with E-state index >= 15 is 0 Å². The number of amides is 1. The molecule has 6 nitrogen and oxygen atoms in total. The number of halogens is 1. The van der Waals surface area contributed by atoms with Crippen LogP contribution in [0.15, 0.2) is 12.1 Å². The molecule has 7 heteroatoms. The molecule has 1 amide bonds. The van der Waals surface area contributed by atoms with Crippen molar-refractivity contribution in [3.63, 3.8) is 0 Å². The van der Waals surface area contributed by atoms with Gasteiger partial charge in [-0.25, -0.2) is 0 Å². The summed E-state index contributed by atoms with van der Waals surface area (Å²) in [6.07, 6.45) is 0. The van der Waals surface area contributed by atoms with Crippen LogP contribution in [0.3, 0.4) is 0 Å². The first-order valence-electron chi connectivity index (χ1n) is 5.51. The van der Waals surface area contributed by atoms with Crippen molar-refractivity contribution in [2.45, 2.75) is 13.8 Å². The quantitative estimate of drug-likeness (QED) is 0.636. The maximum atomic E-state index is 11.7. The Hall–Kier alpha value is -1.82. The van der Waals surface area contributed by atoms with E-state index in [1.165, 1.54) is 12.1 Å². The first kappa shape index (κ1) is 14.2. The lowest BCUT2D eigenvalue weighted by atomic mass is 10.1. The third-order valence-electron chi connectivity index (χ3n) is 2.23. The molecule has 98 valence electrons. The molecule has 18 heavy (non-hydrogen) atoms. The smallest absolute Gasteiger partial charge is 0.293 e. The topological polar surface area (TPSA) is 84.3 Å². The van der Waals surface area contributed by atoms with Crippen LogP contribution >= 0.6 is 11.6 Å². The van der Waals surface area contributed by atoms with Gasteiger partial charge in [-0.05, 0) is 19.9 Å². The van der Waals surface area contributed by atoms with E-state index in [-0.39, 0.29) is 16.3 Å². The lowest BCUT2D eigenvalue weighted by Crippen LogP contribution is -2.23. The summed E-state index contributed by atoms with van der Waals surface area (Å²) in [5, 5.41) is 16.5. The highest BCUT2D eigenvalue weighted by Crippen LogP contribution is 2.31. The number of hydrogen-bond donors (Lipinski definition) is 2. The molecule has 0 aliphatic carbocycles. The molecule has 0 aromatic heterocycles. The van der Waals surface area contributed by atoms with Gasteiger partial charge in [0.15, 0.2) is 0 Å². The summed E-state index contributed by atoms with van der Waals surface area (Å²) >= 11 is 5.95. The number of benzene rings is 1. The SMILES string of the molecule is CCNC(=O)c1cc([N+](=O)[O-])c(NCC)cc1Cl. The second kappa shape index (κ2) is 6.20. The van der Waals surface area contributed by atoms with Gasteiger partial charge in [0.05, 0.1) is 15.5 Å². The fourth-order valence-corrected chi connectivity index (χ4v) is 1.72. The molecule has 0 unspecified atom stereocenters. The van der Waals surface area contributed by atoms with E-state index in [1.54, 1.807) is 6.92 Å². The van der Waals surface area contributed by atoms with Gasteiger partial charge < -0.3 is 10.6 Å². The zero-order valence-electron chi connectivity index (χ0n) is 10.1. The second-order valence-corrected chi connectivity index (χ2v) is 3.90. The zero-order chi connectivity index (χ0) is 13.7. The van der Waals surface area contributed by atoms with Gasteiger partial charge in [-0.15, -0.1) is 0 Å². The van der Waals surface area contributed by atoms with Crippen molar-refractivity contribution in [2.24, 2.45) is 0 Å². The predicted molar refractivity (Wildman–Crippen MR) is 70.3 cm³/mol. The molecule has 1 aromatic carbocycles. The maximum absolute atomic E-state index is 11.7. The normalized spacial score (nSPS) is 9.94. The minimum Gasteiger partial charge on any atom is -0.380 e. The molecule has 0 radical (unpaired) electrons. The summed E-state index contributed by atoms with van der Waals surface area (Å²) in [7, 11) is 0. The van der Waals surface area contributed by atoms with Crippen molar-refractivity contribution in [1.29, 1.82) is 0 Å². The first-order valence-corrected chi connectivity index (χ1v) is 5.89. The lowest BCUT2D eigenvalue weighted by molar-refractivity contribution is -0.384. The van der Waals surface area contributed by atoms with Crippen molar-refractivity contribution in [1.82, 2.24) is 5.32 Å². The van der Waals surface area contributed by atoms with E-state index in [1.807, 2.05) is 6.92 Å². The van der Waals surface area contributed by atoms with Crippen molar-refractivity contribution in [2.75, 3.05) is 18.4 Å². The highest BCUT2D eigenvalue weighted by Gasteiger charge is 2.20. The number of nitrogens with one attached hydrogen (secondary N) is 2. The lowest BCUT2D eigenvalue weighted by Gasteiger charge is -2.09. The highest BCUT2D eigenvalue weighted by atomic mass is 35.5. The molecule has 0 bridgehead atoms. The molecule has 1 aromatic rings. The highest BCUT2D eigenvalue weighted by molar-refractivity contribution is 6.34. The Balaban J connectivity index is 3.26. The molecule has 0 saturated carbocycles. The Kier molecular flexibility index (Phi) is 4.91. The molecule has 0 atom stereocenters. The van der Waals surface area contributed by atoms with Gasteiger partial charge in [0.2, 0.25) is 0 Å². The monoisotopic (exact) mass is 271 g/mol. The number of carbonyl (C=O) groups excluding carboxylic acids is 1. The summed E-state index contributed by atoms with van der Waals surface area (Å²) in [4.78, 5) is 22.1. The fourth-order valence-electron chi connectivity index (χ4n) is 1.47. The summed E-state index contributed by atoms with van der Waals surface area (Å²) in [5.41, 5.74) is 0.245. The summed E-state index contributed by atoms with van der Waals surface area (Å²) in [6, 6.07) is 2.58. The van der Waals surface area contributed by atoms with Crippen LogP contribution in [0.5, 0.6) is 0 Å². The summed E-state index contributed by atoms with van der Waals surface area (Å²) in [6.45, 7) is 4.53. The standard InChI is InChI=1S/C11H14ClN3O3/c1-3-13-9-6-8(12)7(11(16)14-4-2)5-10(9)15(17)18/h5-6,13H,3-4H2,1-2H3,(H,14,16). The van der Waals surface area contributed by atoms with E-state index in [0.29, 0.717) is 18.8 Å². The van der Waals surface area contributed by atoms with Crippen molar-refractivity contribution < 1.29 is 9.72 Å². The number of carbonyl (C=O) groups is 1. The molecular formula is C11H14ClN3O3. The Morgan fingerprint density at radius 3 is 2.56 bits per heavy atom. The van der Waals surface area contributed by atoms with Gasteiger partial charge in [0.1, 0.15) is 5.69 Å². The molecule has 0 aliphatic heterocycles. The van der Waals surface area contributed by atoms with Gasteiger partial charge >= 0.3 is 0 Å². The molecule has 1 rings (SSSR count). The average Bonchev–Trinajstić information content (AvgIpc) is 2.29. The fraction of sp³-hybridized carbons (Fsp3) is 0.364. The van der Waals surface area contributed by atoms with Crippen LogP contribution < -0.4 is 10.6 Å².